The Bertz CT molecular complexity index is 1350. The number of para-hydroxylation sites is 3. The molecule has 0 atom stereocenters. The predicted molar refractivity (Wildman–Crippen MR) is 130 cm³/mol. The Balaban J connectivity index is 1.22. The van der Waals surface area contributed by atoms with Gasteiger partial charge in [-0.15, -0.1) is 10.4 Å². The number of pyridine rings is 1. The van der Waals surface area contributed by atoms with E-state index in [1.54, 1.807) is 60.7 Å². The lowest BCUT2D eigenvalue weighted by Gasteiger charge is -2.39. The summed E-state index contributed by atoms with van der Waals surface area (Å²) in [4.78, 5) is 17.2. The summed E-state index contributed by atoms with van der Waals surface area (Å²) in [6.07, 6.45) is 1.49. The van der Waals surface area contributed by atoms with Crippen LogP contribution in [-0.4, -0.2) is 52.5 Å². The highest BCUT2D eigenvalue weighted by Gasteiger charge is 2.34. The van der Waals surface area contributed by atoms with Crippen LogP contribution in [0.2, 0.25) is 0 Å². The number of hydrogen-bond acceptors (Lipinski definition) is 7. The standard InChI is InChI=1S/C26H24N4O5/c1-34-23-9-2-3-10-24(23)35-21-16-29(17-21)26(31)19-11-13-20(14-12-19)28-30(32,33)22-8-4-6-18-7-5-15-27-25(18)22/h2-15,21,32-33H,16-17H2,1H3/p+1. The second-order valence-corrected chi connectivity index (χ2v) is 8.24. The van der Waals surface area contributed by atoms with Crippen molar-refractivity contribution >= 4 is 28.2 Å². The summed E-state index contributed by atoms with van der Waals surface area (Å²) in [5.41, 5.74) is 4.19. The molecular weight excluding hydrogens is 448 g/mol. The number of nitrogens with one attached hydrogen (secondary N) is 1. The van der Waals surface area contributed by atoms with Crippen LogP contribution in [0.25, 0.3) is 10.9 Å². The van der Waals surface area contributed by atoms with Crippen LogP contribution in [0, 0.1) is 0 Å². The number of aromatic nitrogens is 1. The SMILES string of the molecule is COc1ccccc1OC1CN(C(=O)c2ccc(N[N+](O)(O)c3cccc4cccnc34)cc2)C1. The summed E-state index contributed by atoms with van der Waals surface area (Å²) in [7, 11) is 1.59. The van der Waals surface area contributed by atoms with Gasteiger partial charge >= 0.3 is 0 Å². The van der Waals surface area contributed by atoms with Crippen LogP contribution in [0.4, 0.5) is 11.4 Å². The monoisotopic (exact) mass is 473 g/mol. The van der Waals surface area contributed by atoms with Crippen molar-refractivity contribution < 1.29 is 24.7 Å². The van der Waals surface area contributed by atoms with Gasteiger partial charge in [0.05, 0.1) is 30.8 Å². The molecule has 35 heavy (non-hydrogen) atoms. The van der Waals surface area contributed by atoms with Crippen molar-refractivity contribution in [1.82, 2.24) is 14.8 Å². The number of rotatable bonds is 7. The number of hydrogen-bond donors (Lipinski definition) is 3. The first kappa shape index (κ1) is 22.6. The average Bonchev–Trinajstić information content (AvgIpc) is 2.85. The number of carbonyl (C=O) groups is 1. The molecule has 1 fully saturated rings. The second-order valence-electron chi connectivity index (χ2n) is 8.24. The van der Waals surface area contributed by atoms with E-state index in [1.165, 1.54) is 0 Å². The van der Waals surface area contributed by atoms with E-state index in [9.17, 15) is 15.2 Å². The number of fused-ring (bicyclic) bond motifs is 1. The van der Waals surface area contributed by atoms with Crippen LogP contribution in [-0.2, 0) is 0 Å². The van der Waals surface area contributed by atoms with Crippen molar-refractivity contribution in [2.24, 2.45) is 0 Å². The summed E-state index contributed by atoms with van der Waals surface area (Å²) < 4.78 is 11.2. The molecule has 3 N–H and O–H groups in total. The highest BCUT2D eigenvalue weighted by atomic mass is 16.9. The van der Waals surface area contributed by atoms with Crippen LogP contribution in [0.3, 0.4) is 0 Å². The first-order valence-corrected chi connectivity index (χ1v) is 11.1. The summed E-state index contributed by atoms with van der Waals surface area (Å²) in [5, 5.41) is 22.1. The third-order valence-electron chi connectivity index (χ3n) is 5.86. The van der Waals surface area contributed by atoms with Gasteiger partial charge in [-0.05, 0) is 42.5 Å². The quantitative estimate of drug-likeness (QED) is 0.272. The maximum Gasteiger partial charge on any atom is 0.254 e. The van der Waals surface area contributed by atoms with Gasteiger partial charge in [0.15, 0.2) is 11.5 Å². The van der Waals surface area contributed by atoms with Crippen molar-refractivity contribution in [3.8, 4) is 11.5 Å². The van der Waals surface area contributed by atoms with Gasteiger partial charge in [-0.25, -0.2) is 4.98 Å². The fourth-order valence-corrected chi connectivity index (χ4v) is 4.02. The Morgan fingerprint density at radius 2 is 1.69 bits per heavy atom. The van der Waals surface area contributed by atoms with Crippen LogP contribution < -0.4 is 19.8 Å². The van der Waals surface area contributed by atoms with Crippen LogP contribution >= 0.6 is 0 Å². The molecule has 1 aliphatic heterocycles. The molecule has 1 aliphatic rings. The summed E-state index contributed by atoms with van der Waals surface area (Å²) >= 11 is 0. The van der Waals surface area contributed by atoms with E-state index in [4.69, 9.17) is 9.47 Å². The molecule has 0 aliphatic carbocycles. The van der Waals surface area contributed by atoms with E-state index < -0.39 is 4.92 Å². The van der Waals surface area contributed by atoms with Gasteiger partial charge in [0.25, 0.3) is 11.6 Å². The minimum absolute atomic E-state index is 0.104. The average molecular weight is 474 g/mol. The van der Waals surface area contributed by atoms with Gasteiger partial charge in [0.1, 0.15) is 11.6 Å². The van der Waals surface area contributed by atoms with E-state index in [-0.39, 0.29) is 17.7 Å². The number of nitrogens with zero attached hydrogens (tertiary/aromatic N) is 3. The molecule has 9 nitrogen and oxygen atoms in total. The zero-order valence-corrected chi connectivity index (χ0v) is 19.0. The molecule has 3 aromatic carbocycles. The molecule has 178 valence electrons. The molecule has 0 spiro atoms. The molecule has 1 saturated heterocycles. The molecule has 0 radical (unpaired) electrons. The number of carbonyl (C=O) groups excluding carboxylic acids is 1. The smallest absolute Gasteiger partial charge is 0.254 e. The number of ether oxygens (including phenoxy) is 2. The molecule has 1 amide bonds. The highest BCUT2D eigenvalue weighted by Crippen LogP contribution is 2.30. The number of likely N-dealkylation sites (tertiary alicyclic amines) is 1. The van der Waals surface area contributed by atoms with Crippen molar-refractivity contribution in [2.75, 3.05) is 25.6 Å². The first-order valence-electron chi connectivity index (χ1n) is 11.1. The van der Waals surface area contributed by atoms with Gasteiger partial charge in [-0.3, -0.25) is 4.79 Å². The number of amides is 1. The highest BCUT2D eigenvalue weighted by molar-refractivity contribution is 5.95. The second kappa shape index (κ2) is 9.22. The maximum absolute atomic E-state index is 12.8. The van der Waals surface area contributed by atoms with Gasteiger partial charge in [0.2, 0.25) is 0 Å². The van der Waals surface area contributed by atoms with Gasteiger partial charge in [-0.1, -0.05) is 30.3 Å². The predicted octanol–water partition coefficient (Wildman–Crippen LogP) is 4.26. The Hall–Kier alpha value is -4.18. The van der Waals surface area contributed by atoms with Crippen molar-refractivity contribution in [3.63, 3.8) is 0 Å². The molecule has 0 bridgehead atoms. The Kier molecular flexibility index (Phi) is 5.96. The lowest BCUT2D eigenvalue weighted by atomic mass is 10.1. The van der Waals surface area contributed by atoms with Crippen molar-refractivity contribution in [2.45, 2.75) is 6.10 Å². The number of anilines is 1. The zero-order chi connectivity index (χ0) is 24.4. The third kappa shape index (κ3) is 4.60. The fourth-order valence-electron chi connectivity index (χ4n) is 4.02. The lowest BCUT2D eigenvalue weighted by Crippen LogP contribution is -2.56. The molecule has 2 heterocycles. The molecule has 0 unspecified atom stereocenters. The van der Waals surface area contributed by atoms with E-state index >= 15 is 0 Å². The van der Waals surface area contributed by atoms with Crippen LogP contribution in [0.15, 0.2) is 85.1 Å². The molecule has 1 aromatic heterocycles. The number of quaternary nitrogens is 1. The van der Waals surface area contributed by atoms with E-state index in [1.807, 2.05) is 36.4 Å². The zero-order valence-electron chi connectivity index (χ0n) is 19.0. The third-order valence-corrected chi connectivity index (χ3v) is 5.86. The molecule has 9 heteroatoms. The molecular formula is C26H25N4O5+. The van der Waals surface area contributed by atoms with Gasteiger partial charge in [-0.2, -0.15) is 5.43 Å². The normalized spacial score (nSPS) is 13.9. The first-order chi connectivity index (χ1) is 16.9. The minimum atomic E-state index is -1.59. The molecule has 5 rings (SSSR count). The number of methoxy groups -OCH3 is 1. The lowest BCUT2D eigenvalue weighted by molar-refractivity contribution is -0.271. The van der Waals surface area contributed by atoms with Crippen molar-refractivity contribution in [1.29, 1.82) is 0 Å². The Morgan fingerprint density at radius 1 is 0.971 bits per heavy atom. The maximum atomic E-state index is 12.8. The minimum Gasteiger partial charge on any atom is -0.493 e. The largest absolute Gasteiger partial charge is 0.493 e. The summed E-state index contributed by atoms with van der Waals surface area (Å²) in [6, 6.07) is 22.7. The van der Waals surface area contributed by atoms with Gasteiger partial charge < -0.3 is 14.4 Å². The van der Waals surface area contributed by atoms with E-state index in [0.717, 1.165) is 5.39 Å². The number of benzene rings is 3. The topological polar surface area (TPSA) is 104 Å². The van der Waals surface area contributed by atoms with Crippen LogP contribution in [0.5, 0.6) is 11.5 Å². The summed E-state index contributed by atoms with van der Waals surface area (Å²) in [6.45, 7) is 0.941. The van der Waals surface area contributed by atoms with Crippen LogP contribution in [0.1, 0.15) is 10.4 Å². The molecule has 0 saturated carbocycles. The van der Waals surface area contributed by atoms with E-state index in [0.29, 0.717) is 41.4 Å². The Morgan fingerprint density at radius 3 is 2.43 bits per heavy atom. The van der Waals surface area contributed by atoms with Crippen molar-refractivity contribution in [3.05, 3.63) is 90.6 Å². The van der Waals surface area contributed by atoms with Gasteiger partial charge in [0, 0.05) is 23.2 Å². The van der Waals surface area contributed by atoms with E-state index in [2.05, 4.69) is 10.4 Å². The summed E-state index contributed by atoms with van der Waals surface area (Å²) in [5.74, 6) is 1.18. The Labute approximate surface area is 201 Å². The fraction of sp³-hybridized carbons (Fsp3) is 0.154. The molecule has 4 aromatic rings.